The molecule has 1 N–H and O–H groups in total. The molecular weight excluding hydrogens is 506 g/mol. The minimum Gasteiger partial charge on any atom is -0.507 e. The maximum atomic E-state index is 13.4. The van der Waals surface area contributed by atoms with Crippen LogP contribution in [0.3, 0.4) is 0 Å². The molecule has 1 fully saturated rings. The summed E-state index contributed by atoms with van der Waals surface area (Å²) in [4.78, 5) is 28.1. The number of hydrogen-bond acceptors (Lipinski definition) is 6. The van der Waals surface area contributed by atoms with Gasteiger partial charge in [0.1, 0.15) is 29.6 Å². The molecule has 1 aromatic heterocycles. The third-order valence-electron chi connectivity index (χ3n) is 6.76. The van der Waals surface area contributed by atoms with Crippen molar-refractivity contribution >= 4 is 17.4 Å². The van der Waals surface area contributed by atoms with Gasteiger partial charge in [-0.1, -0.05) is 67.9 Å². The second-order valence-electron chi connectivity index (χ2n) is 9.58. The van der Waals surface area contributed by atoms with Crippen LogP contribution in [0.15, 0.2) is 107 Å². The summed E-state index contributed by atoms with van der Waals surface area (Å²) >= 11 is 0. The molecule has 1 aliphatic rings. The molecule has 0 radical (unpaired) electrons. The van der Waals surface area contributed by atoms with Crippen molar-refractivity contribution in [1.82, 2.24) is 4.90 Å². The molecule has 0 spiro atoms. The van der Waals surface area contributed by atoms with E-state index in [0.717, 1.165) is 18.4 Å². The van der Waals surface area contributed by atoms with E-state index in [9.17, 15) is 14.7 Å². The van der Waals surface area contributed by atoms with Gasteiger partial charge in [-0.15, -0.1) is 0 Å². The number of Topliss-reactive ketones (excluding diaryl/α,β-unsaturated/α-hetero) is 1. The Kier molecular flexibility index (Phi) is 8.30. The van der Waals surface area contributed by atoms with Gasteiger partial charge >= 0.3 is 0 Å². The van der Waals surface area contributed by atoms with Crippen LogP contribution in [0.5, 0.6) is 11.5 Å². The molecular formula is C33H31NO6. The summed E-state index contributed by atoms with van der Waals surface area (Å²) in [6.07, 6.45) is 3.41. The molecule has 1 amide bonds. The van der Waals surface area contributed by atoms with Crippen LogP contribution in [0.2, 0.25) is 0 Å². The lowest BCUT2D eigenvalue weighted by molar-refractivity contribution is -0.140. The minimum atomic E-state index is -0.821. The number of nitrogens with zero attached hydrogens (tertiary/aromatic N) is 1. The van der Waals surface area contributed by atoms with Gasteiger partial charge in [0.2, 0.25) is 0 Å². The first-order valence-corrected chi connectivity index (χ1v) is 13.4. The minimum absolute atomic E-state index is 0.0141. The Morgan fingerprint density at radius 3 is 2.42 bits per heavy atom. The number of ether oxygens (including phenoxy) is 2. The quantitative estimate of drug-likeness (QED) is 0.0996. The molecule has 1 atom stereocenters. The largest absolute Gasteiger partial charge is 0.507 e. The van der Waals surface area contributed by atoms with Gasteiger partial charge < -0.3 is 23.9 Å². The summed E-state index contributed by atoms with van der Waals surface area (Å²) in [5.41, 5.74) is 2.12. The van der Waals surface area contributed by atoms with Crippen molar-refractivity contribution in [1.29, 1.82) is 0 Å². The molecule has 1 aliphatic heterocycles. The van der Waals surface area contributed by atoms with E-state index in [2.05, 4.69) is 6.92 Å². The van der Waals surface area contributed by atoms with E-state index in [1.165, 1.54) is 11.2 Å². The van der Waals surface area contributed by atoms with Gasteiger partial charge in [-0.3, -0.25) is 9.59 Å². The van der Waals surface area contributed by atoms with Crippen LogP contribution in [0.25, 0.3) is 5.76 Å². The number of rotatable bonds is 11. The van der Waals surface area contributed by atoms with E-state index in [-0.39, 0.29) is 17.9 Å². The summed E-state index contributed by atoms with van der Waals surface area (Å²) in [5.74, 6) is 0.0430. The van der Waals surface area contributed by atoms with Crippen LogP contribution in [0.4, 0.5) is 0 Å². The molecule has 3 aromatic carbocycles. The predicted molar refractivity (Wildman–Crippen MR) is 151 cm³/mol. The number of amides is 1. The second kappa shape index (κ2) is 12.4. The first-order valence-electron chi connectivity index (χ1n) is 13.4. The lowest BCUT2D eigenvalue weighted by Crippen LogP contribution is -2.29. The van der Waals surface area contributed by atoms with Crippen LogP contribution >= 0.6 is 0 Å². The van der Waals surface area contributed by atoms with Gasteiger partial charge in [0.05, 0.1) is 31.0 Å². The molecule has 1 saturated heterocycles. The lowest BCUT2D eigenvalue weighted by atomic mass is 9.95. The molecule has 7 heteroatoms. The Morgan fingerprint density at radius 2 is 1.70 bits per heavy atom. The Hall–Kier alpha value is -4.78. The van der Waals surface area contributed by atoms with Crippen molar-refractivity contribution in [2.45, 2.75) is 39.0 Å². The number of unbranched alkanes of at least 4 members (excludes halogenated alkanes) is 1. The first kappa shape index (κ1) is 26.8. The highest BCUT2D eigenvalue weighted by atomic mass is 16.5. The van der Waals surface area contributed by atoms with E-state index in [0.29, 0.717) is 41.6 Å². The fourth-order valence-electron chi connectivity index (χ4n) is 4.67. The van der Waals surface area contributed by atoms with Crippen LogP contribution in [-0.2, 0) is 22.7 Å². The summed E-state index contributed by atoms with van der Waals surface area (Å²) in [6.45, 7) is 3.11. The van der Waals surface area contributed by atoms with Crippen molar-refractivity contribution in [2.75, 3.05) is 6.61 Å². The van der Waals surface area contributed by atoms with E-state index in [4.69, 9.17) is 13.9 Å². The Balaban J connectivity index is 1.48. The molecule has 0 bridgehead atoms. The fraction of sp³-hybridized carbons (Fsp3) is 0.212. The molecule has 7 nitrogen and oxygen atoms in total. The number of furan rings is 1. The SMILES string of the molecule is CCCCOc1cccc(C(O)=C2C(=O)C(=O)N(Cc3ccco3)C2c2ccc(OCc3ccccc3)cc2)c1. The summed E-state index contributed by atoms with van der Waals surface area (Å²) < 4.78 is 17.2. The van der Waals surface area contributed by atoms with Crippen molar-refractivity contribution in [3.8, 4) is 11.5 Å². The molecule has 0 saturated carbocycles. The lowest BCUT2D eigenvalue weighted by Gasteiger charge is -2.24. The number of aliphatic hydroxyl groups excluding tert-OH is 1. The van der Waals surface area contributed by atoms with E-state index < -0.39 is 17.7 Å². The van der Waals surface area contributed by atoms with Gasteiger partial charge in [-0.2, -0.15) is 0 Å². The normalized spacial score (nSPS) is 16.3. The number of carbonyl (C=O) groups is 2. The van der Waals surface area contributed by atoms with Crippen molar-refractivity contribution in [3.63, 3.8) is 0 Å². The van der Waals surface area contributed by atoms with E-state index >= 15 is 0 Å². The van der Waals surface area contributed by atoms with Gasteiger partial charge in [0.25, 0.3) is 11.7 Å². The highest BCUT2D eigenvalue weighted by molar-refractivity contribution is 6.46. The second-order valence-corrected chi connectivity index (χ2v) is 9.58. The van der Waals surface area contributed by atoms with E-state index in [1.54, 1.807) is 48.5 Å². The molecule has 40 heavy (non-hydrogen) atoms. The van der Waals surface area contributed by atoms with Crippen LogP contribution < -0.4 is 9.47 Å². The zero-order valence-electron chi connectivity index (χ0n) is 22.3. The molecule has 2 heterocycles. The highest BCUT2D eigenvalue weighted by Crippen LogP contribution is 2.41. The smallest absolute Gasteiger partial charge is 0.296 e. The maximum Gasteiger partial charge on any atom is 0.296 e. The van der Waals surface area contributed by atoms with Gasteiger partial charge in [0.15, 0.2) is 0 Å². The molecule has 4 aromatic rings. The zero-order valence-corrected chi connectivity index (χ0v) is 22.3. The standard InChI is InChI=1S/C33H31NO6/c1-2-3-18-38-27-12-7-11-25(20-27)31(35)29-30(34(33(37)32(29)36)21-28-13-8-19-39-28)24-14-16-26(17-15-24)40-22-23-9-5-4-6-10-23/h4-17,19-20,30,35H,2-3,18,21-22H2,1H3. The van der Waals surface area contributed by atoms with Crippen molar-refractivity contribution in [3.05, 3.63) is 125 Å². The van der Waals surface area contributed by atoms with Gasteiger partial charge in [-0.25, -0.2) is 0 Å². The van der Waals surface area contributed by atoms with Gasteiger partial charge in [0, 0.05) is 5.56 Å². The molecule has 1 unspecified atom stereocenters. The average molecular weight is 538 g/mol. The topological polar surface area (TPSA) is 89.2 Å². The molecule has 204 valence electrons. The number of aliphatic hydroxyl groups is 1. The summed E-state index contributed by atoms with van der Waals surface area (Å²) in [5, 5.41) is 11.4. The highest BCUT2D eigenvalue weighted by Gasteiger charge is 2.46. The predicted octanol–water partition coefficient (Wildman–Crippen LogP) is 6.66. The maximum absolute atomic E-state index is 13.4. The third kappa shape index (κ3) is 5.94. The Bertz CT molecular complexity index is 1480. The van der Waals surface area contributed by atoms with Crippen LogP contribution in [0, 0.1) is 0 Å². The van der Waals surface area contributed by atoms with Crippen LogP contribution in [0.1, 0.15) is 48.3 Å². The number of hydrogen-bond donors (Lipinski definition) is 1. The molecule has 0 aliphatic carbocycles. The van der Waals surface area contributed by atoms with E-state index in [1.807, 2.05) is 42.5 Å². The number of likely N-dealkylation sites (tertiary alicyclic amines) is 1. The zero-order chi connectivity index (χ0) is 27.9. The Morgan fingerprint density at radius 1 is 0.900 bits per heavy atom. The van der Waals surface area contributed by atoms with Crippen molar-refractivity contribution < 1.29 is 28.6 Å². The monoisotopic (exact) mass is 537 g/mol. The molecule has 5 rings (SSSR count). The number of benzene rings is 3. The van der Waals surface area contributed by atoms with Crippen molar-refractivity contribution in [2.24, 2.45) is 0 Å². The Labute approximate surface area is 233 Å². The van der Waals surface area contributed by atoms with Gasteiger partial charge in [-0.05, 0) is 53.9 Å². The first-order chi connectivity index (χ1) is 19.5. The number of carbonyl (C=O) groups excluding carboxylic acids is 2. The summed E-state index contributed by atoms with van der Waals surface area (Å²) in [7, 11) is 0. The summed E-state index contributed by atoms with van der Waals surface area (Å²) in [6, 6.07) is 26.6. The fourth-order valence-corrected chi connectivity index (χ4v) is 4.67. The number of ketones is 1. The average Bonchev–Trinajstić information content (AvgIpc) is 3.59. The third-order valence-corrected chi connectivity index (χ3v) is 6.76. The van der Waals surface area contributed by atoms with Crippen LogP contribution in [-0.4, -0.2) is 28.3 Å².